The van der Waals surface area contributed by atoms with Gasteiger partial charge in [-0.3, -0.25) is 4.79 Å². The molecule has 0 aromatic carbocycles. The summed E-state index contributed by atoms with van der Waals surface area (Å²) in [5.41, 5.74) is 0. The predicted molar refractivity (Wildman–Crippen MR) is 69.1 cm³/mol. The SMILES string of the molecule is CCNC(C)CC(=O)N1CCCCC1C(=O)OC. The second kappa shape index (κ2) is 7.36. The Balaban J connectivity index is 2.59. The molecule has 0 radical (unpaired) electrons. The van der Waals surface area contributed by atoms with Crippen LogP contribution < -0.4 is 5.32 Å². The van der Waals surface area contributed by atoms with Crippen molar-refractivity contribution < 1.29 is 14.3 Å². The number of carbonyl (C=O) groups excluding carboxylic acids is 2. The number of carbonyl (C=O) groups is 2. The highest BCUT2D eigenvalue weighted by atomic mass is 16.5. The van der Waals surface area contributed by atoms with Gasteiger partial charge in [0.1, 0.15) is 6.04 Å². The van der Waals surface area contributed by atoms with Crippen molar-refractivity contribution in [1.82, 2.24) is 10.2 Å². The highest BCUT2D eigenvalue weighted by molar-refractivity contribution is 5.85. The Morgan fingerprint density at radius 2 is 2.17 bits per heavy atom. The molecule has 1 heterocycles. The number of likely N-dealkylation sites (tertiary alicyclic amines) is 1. The number of ether oxygens (including phenoxy) is 1. The van der Waals surface area contributed by atoms with E-state index in [1.165, 1.54) is 7.11 Å². The van der Waals surface area contributed by atoms with Crippen molar-refractivity contribution in [3.8, 4) is 0 Å². The normalized spacial score (nSPS) is 21.5. The standard InChI is InChI=1S/C13H24N2O3/c1-4-14-10(2)9-12(16)15-8-6-5-7-11(15)13(17)18-3/h10-11,14H,4-9H2,1-3H3. The van der Waals surface area contributed by atoms with Crippen molar-refractivity contribution in [3.63, 3.8) is 0 Å². The lowest BCUT2D eigenvalue weighted by Gasteiger charge is -2.34. The third-order valence-corrected chi connectivity index (χ3v) is 3.33. The summed E-state index contributed by atoms with van der Waals surface area (Å²) in [5.74, 6) is -0.252. The van der Waals surface area contributed by atoms with Gasteiger partial charge in [0.2, 0.25) is 5.91 Å². The minimum absolute atomic E-state index is 0.0403. The Hall–Kier alpha value is -1.10. The van der Waals surface area contributed by atoms with Crippen molar-refractivity contribution in [2.45, 2.75) is 51.6 Å². The Kier molecular flexibility index (Phi) is 6.12. The van der Waals surface area contributed by atoms with Gasteiger partial charge in [-0.1, -0.05) is 6.92 Å². The molecule has 1 fully saturated rings. The number of methoxy groups -OCH3 is 1. The maximum atomic E-state index is 12.2. The maximum Gasteiger partial charge on any atom is 0.328 e. The second-order valence-electron chi connectivity index (χ2n) is 4.78. The quantitative estimate of drug-likeness (QED) is 0.743. The number of esters is 1. The highest BCUT2D eigenvalue weighted by Crippen LogP contribution is 2.19. The molecule has 0 aromatic heterocycles. The predicted octanol–water partition coefficient (Wildman–Crippen LogP) is 0.929. The number of amides is 1. The Morgan fingerprint density at radius 3 is 2.78 bits per heavy atom. The number of nitrogens with one attached hydrogen (secondary N) is 1. The van der Waals surface area contributed by atoms with Gasteiger partial charge in [0, 0.05) is 19.0 Å². The zero-order valence-electron chi connectivity index (χ0n) is 11.6. The van der Waals surface area contributed by atoms with E-state index < -0.39 is 0 Å². The van der Waals surface area contributed by atoms with Crippen LogP contribution in [0.2, 0.25) is 0 Å². The lowest BCUT2D eigenvalue weighted by molar-refractivity contribution is -0.154. The first kappa shape index (κ1) is 15.0. The summed E-state index contributed by atoms with van der Waals surface area (Å²) >= 11 is 0. The van der Waals surface area contributed by atoms with Crippen LogP contribution >= 0.6 is 0 Å². The molecule has 2 unspecified atom stereocenters. The Morgan fingerprint density at radius 1 is 1.44 bits per heavy atom. The largest absolute Gasteiger partial charge is 0.467 e. The molecule has 0 bridgehead atoms. The average Bonchev–Trinajstić information content (AvgIpc) is 2.38. The van der Waals surface area contributed by atoms with Crippen molar-refractivity contribution in [3.05, 3.63) is 0 Å². The fourth-order valence-electron chi connectivity index (χ4n) is 2.41. The Labute approximate surface area is 109 Å². The summed E-state index contributed by atoms with van der Waals surface area (Å²) in [4.78, 5) is 25.5. The molecule has 18 heavy (non-hydrogen) atoms. The molecule has 5 heteroatoms. The summed E-state index contributed by atoms with van der Waals surface area (Å²) in [6.45, 7) is 5.50. The summed E-state index contributed by atoms with van der Waals surface area (Å²) in [5, 5.41) is 3.21. The van der Waals surface area contributed by atoms with Crippen LogP contribution in [-0.2, 0) is 14.3 Å². The molecule has 2 atom stereocenters. The molecule has 0 aromatic rings. The zero-order valence-corrected chi connectivity index (χ0v) is 11.6. The van der Waals surface area contributed by atoms with E-state index in [9.17, 15) is 9.59 Å². The van der Waals surface area contributed by atoms with E-state index in [2.05, 4.69) is 5.32 Å². The van der Waals surface area contributed by atoms with Gasteiger partial charge in [-0.05, 0) is 32.7 Å². The van der Waals surface area contributed by atoms with Gasteiger partial charge in [-0.2, -0.15) is 0 Å². The van der Waals surface area contributed by atoms with Crippen molar-refractivity contribution in [2.24, 2.45) is 0 Å². The summed E-state index contributed by atoms with van der Waals surface area (Å²) in [7, 11) is 1.38. The van der Waals surface area contributed by atoms with E-state index in [1.54, 1.807) is 4.90 Å². The van der Waals surface area contributed by atoms with E-state index in [1.807, 2.05) is 13.8 Å². The molecule has 104 valence electrons. The van der Waals surface area contributed by atoms with E-state index in [-0.39, 0.29) is 24.0 Å². The third-order valence-electron chi connectivity index (χ3n) is 3.33. The molecule has 1 aliphatic rings. The van der Waals surface area contributed by atoms with E-state index in [4.69, 9.17) is 4.74 Å². The number of rotatable bonds is 5. The van der Waals surface area contributed by atoms with Crippen LogP contribution in [-0.4, -0.2) is 49.1 Å². The van der Waals surface area contributed by atoms with Crippen LogP contribution in [0.5, 0.6) is 0 Å². The molecule has 1 saturated heterocycles. The third kappa shape index (κ3) is 3.98. The van der Waals surface area contributed by atoms with Gasteiger partial charge in [-0.25, -0.2) is 4.79 Å². The fraction of sp³-hybridized carbons (Fsp3) is 0.846. The highest BCUT2D eigenvalue weighted by Gasteiger charge is 2.32. The molecular weight excluding hydrogens is 232 g/mol. The fourth-order valence-corrected chi connectivity index (χ4v) is 2.41. The zero-order chi connectivity index (χ0) is 13.5. The van der Waals surface area contributed by atoms with Crippen LogP contribution in [0.15, 0.2) is 0 Å². The average molecular weight is 256 g/mol. The van der Waals surface area contributed by atoms with Gasteiger partial charge < -0.3 is 15.0 Å². The molecule has 1 N–H and O–H groups in total. The molecule has 1 aliphatic heterocycles. The first-order chi connectivity index (χ1) is 8.60. The van der Waals surface area contributed by atoms with Gasteiger partial charge in [-0.15, -0.1) is 0 Å². The van der Waals surface area contributed by atoms with Crippen molar-refractivity contribution in [2.75, 3.05) is 20.2 Å². The molecule has 1 rings (SSSR count). The number of nitrogens with zero attached hydrogens (tertiary/aromatic N) is 1. The molecule has 5 nitrogen and oxygen atoms in total. The van der Waals surface area contributed by atoms with Crippen LogP contribution in [0.25, 0.3) is 0 Å². The van der Waals surface area contributed by atoms with Crippen LogP contribution in [0, 0.1) is 0 Å². The molecule has 0 saturated carbocycles. The molecular formula is C13H24N2O3. The summed E-state index contributed by atoms with van der Waals surface area (Å²) in [6.07, 6.45) is 3.09. The minimum Gasteiger partial charge on any atom is -0.467 e. The van der Waals surface area contributed by atoms with Crippen molar-refractivity contribution >= 4 is 11.9 Å². The van der Waals surface area contributed by atoms with Crippen LogP contribution in [0.4, 0.5) is 0 Å². The lowest BCUT2D eigenvalue weighted by Crippen LogP contribution is -2.49. The lowest BCUT2D eigenvalue weighted by atomic mass is 10.0. The smallest absolute Gasteiger partial charge is 0.328 e. The molecule has 1 amide bonds. The van der Waals surface area contributed by atoms with Gasteiger partial charge in [0.15, 0.2) is 0 Å². The first-order valence-electron chi connectivity index (χ1n) is 6.70. The number of hydrogen-bond donors (Lipinski definition) is 1. The van der Waals surface area contributed by atoms with E-state index in [0.29, 0.717) is 19.4 Å². The topological polar surface area (TPSA) is 58.6 Å². The van der Waals surface area contributed by atoms with Crippen LogP contribution in [0.1, 0.15) is 39.5 Å². The van der Waals surface area contributed by atoms with Gasteiger partial charge >= 0.3 is 5.97 Å². The molecule has 0 spiro atoms. The Bertz CT molecular complexity index is 294. The number of piperidine rings is 1. The summed E-state index contributed by atoms with van der Waals surface area (Å²) < 4.78 is 4.77. The van der Waals surface area contributed by atoms with E-state index in [0.717, 1.165) is 19.4 Å². The van der Waals surface area contributed by atoms with Crippen LogP contribution in [0.3, 0.4) is 0 Å². The molecule has 0 aliphatic carbocycles. The maximum absolute atomic E-state index is 12.2. The van der Waals surface area contributed by atoms with Crippen molar-refractivity contribution in [1.29, 1.82) is 0 Å². The number of hydrogen-bond acceptors (Lipinski definition) is 4. The van der Waals surface area contributed by atoms with E-state index >= 15 is 0 Å². The van der Waals surface area contributed by atoms with Gasteiger partial charge in [0.05, 0.1) is 7.11 Å². The monoisotopic (exact) mass is 256 g/mol. The summed E-state index contributed by atoms with van der Waals surface area (Å²) in [6, 6.07) is -0.243. The van der Waals surface area contributed by atoms with Gasteiger partial charge in [0.25, 0.3) is 0 Å². The second-order valence-corrected chi connectivity index (χ2v) is 4.78. The minimum atomic E-state index is -0.384. The first-order valence-corrected chi connectivity index (χ1v) is 6.70.